The molecule has 0 spiro atoms. The number of nitrogens with zero attached hydrogens (tertiary/aromatic N) is 1. The molecule has 1 unspecified atom stereocenters. The van der Waals surface area contributed by atoms with E-state index < -0.39 is 11.3 Å². The zero-order valence-electron chi connectivity index (χ0n) is 14.3. The van der Waals surface area contributed by atoms with E-state index in [-0.39, 0.29) is 12.1 Å². The van der Waals surface area contributed by atoms with Gasteiger partial charge in [0.1, 0.15) is 11.3 Å². The molecule has 1 aliphatic heterocycles. The van der Waals surface area contributed by atoms with Crippen molar-refractivity contribution in [2.45, 2.75) is 56.9 Å². The van der Waals surface area contributed by atoms with Gasteiger partial charge in [0.15, 0.2) is 0 Å². The van der Waals surface area contributed by atoms with E-state index in [4.69, 9.17) is 21.1 Å². The summed E-state index contributed by atoms with van der Waals surface area (Å²) in [6.07, 6.45) is -0.332. The Bertz CT molecular complexity index is 554. The third-order valence-electron chi connectivity index (χ3n) is 3.42. The number of ether oxygens (including phenoxy) is 2. The lowest BCUT2D eigenvalue weighted by Crippen LogP contribution is -2.50. The molecule has 1 aliphatic rings. The van der Waals surface area contributed by atoms with Crippen LogP contribution in [0.15, 0.2) is 29.2 Å². The smallest absolute Gasteiger partial charge is 0.412 e. The van der Waals surface area contributed by atoms with Crippen LogP contribution in [0.3, 0.4) is 0 Å². The monoisotopic (exact) mass is 357 g/mol. The number of benzene rings is 1. The Morgan fingerprint density at radius 1 is 1.39 bits per heavy atom. The van der Waals surface area contributed by atoms with Crippen LogP contribution in [0.2, 0.25) is 5.02 Å². The summed E-state index contributed by atoms with van der Waals surface area (Å²) in [5.41, 5.74) is -1.18. The predicted molar refractivity (Wildman–Crippen MR) is 94.1 cm³/mol. The number of hydrogen-bond acceptors (Lipinski definition) is 4. The summed E-state index contributed by atoms with van der Waals surface area (Å²) < 4.78 is 11.3. The second-order valence-corrected chi connectivity index (χ2v) is 8.56. The van der Waals surface area contributed by atoms with Gasteiger partial charge in [-0.25, -0.2) is 4.79 Å². The molecule has 1 atom stereocenters. The maximum absolute atomic E-state index is 12.5. The Hall–Kier alpha value is -0.910. The molecule has 1 saturated heterocycles. The molecule has 0 aromatic heterocycles. The first-order valence-corrected chi connectivity index (χ1v) is 8.99. The van der Waals surface area contributed by atoms with Gasteiger partial charge in [0, 0.05) is 15.7 Å². The molecule has 1 heterocycles. The Labute approximate surface area is 147 Å². The molecule has 0 saturated carbocycles. The number of amides is 1. The first kappa shape index (κ1) is 18.4. The van der Waals surface area contributed by atoms with Crippen LogP contribution in [0.1, 0.15) is 34.6 Å². The largest absolute Gasteiger partial charge is 0.444 e. The SMILES string of the molecule is CC(C)(C)OC(=O)N1C(CSc2ccc(Cl)cc2)COC1(C)C. The molecule has 0 aliphatic carbocycles. The topological polar surface area (TPSA) is 38.8 Å². The van der Waals surface area contributed by atoms with Gasteiger partial charge in [-0.2, -0.15) is 0 Å². The fourth-order valence-electron chi connectivity index (χ4n) is 2.41. The fourth-order valence-corrected chi connectivity index (χ4v) is 3.49. The molecule has 128 valence electrons. The lowest BCUT2D eigenvalue weighted by Gasteiger charge is -2.35. The molecule has 0 radical (unpaired) electrons. The zero-order valence-corrected chi connectivity index (χ0v) is 15.8. The number of rotatable bonds is 3. The highest BCUT2D eigenvalue weighted by Gasteiger charge is 2.45. The summed E-state index contributed by atoms with van der Waals surface area (Å²) in [4.78, 5) is 15.4. The molecular formula is C17H24ClNO3S. The second-order valence-electron chi connectivity index (χ2n) is 7.03. The lowest BCUT2D eigenvalue weighted by atomic mass is 10.2. The number of carbonyl (C=O) groups excluding carboxylic acids is 1. The Morgan fingerprint density at radius 2 is 2.00 bits per heavy atom. The molecule has 0 N–H and O–H groups in total. The summed E-state index contributed by atoms with van der Waals surface area (Å²) >= 11 is 7.58. The van der Waals surface area contributed by atoms with Crippen molar-refractivity contribution in [1.82, 2.24) is 4.90 Å². The van der Waals surface area contributed by atoms with Crippen LogP contribution >= 0.6 is 23.4 Å². The maximum Gasteiger partial charge on any atom is 0.412 e. The molecule has 1 aromatic rings. The van der Waals surface area contributed by atoms with Crippen LogP contribution in [-0.2, 0) is 9.47 Å². The first-order chi connectivity index (χ1) is 10.6. The Balaban J connectivity index is 2.04. The Morgan fingerprint density at radius 3 is 2.57 bits per heavy atom. The van der Waals surface area contributed by atoms with Gasteiger partial charge in [0.05, 0.1) is 12.6 Å². The quantitative estimate of drug-likeness (QED) is 0.728. The molecule has 1 aromatic carbocycles. The van der Waals surface area contributed by atoms with Crippen LogP contribution < -0.4 is 0 Å². The highest BCUT2D eigenvalue weighted by Crippen LogP contribution is 2.32. The van der Waals surface area contributed by atoms with Gasteiger partial charge >= 0.3 is 6.09 Å². The molecule has 2 rings (SSSR count). The van der Waals surface area contributed by atoms with Crippen LogP contribution in [0, 0.1) is 0 Å². The number of thioether (sulfide) groups is 1. The van der Waals surface area contributed by atoms with E-state index in [9.17, 15) is 4.79 Å². The van der Waals surface area contributed by atoms with Crippen molar-refractivity contribution in [3.8, 4) is 0 Å². The standard InChI is InChI=1S/C17H24ClNO3S/c1-16(2,3)22-15(20)19-13(10-21-17(19,4)5)11-23-14-8-6-12(18)7-9-14/h6-9,13H,10-11H2,1-5H3. The Kier molecular flexibility index (Phi) is 5.54. The third kappa shape index (κ3) is 5.03. The average Bonchev–Trinajstić information content (AvgIpc) is 2.71. The van der Waals surface area contributed by atoms with Gasteiger partial charge in [-0.1, -0.05) is 11.6 Å². The van der Waals surface area contributed by atoms with Crippen molar-refractivity contribution in [1.29, 1.82) is 0 Å². The normalized spacial score (nSPS) is 20.6. The van der Waals surface area contributed by atoms with Crippen molar-refractivity contribution in [3.63, 3.8) is 0 Å². The van der Waals surface area contributed by atoms with E-state index in [1.807, 2.05) is 58.9 Å². The van der Waals surface area contributed by atoms with Gasteiger partial charge in [-0.15, -0.1) is 11.8 Å². The van der Waals surface area contributed by atoms with Crippen molar-refractivity contribution >= 4 is 29.5 Å². The van der Waals surface area contributed by atoms with Gasteiger partial charge in [0.25, 0.3) is 0 Å². The fraction of sp³-hybridized carbons (Fsp3) is 0.588. The minimum absolute atomic E-state index is 0.0273. The van der Waals surface area contributed by atoms with Crippen LogP contribution in [0.5, 0.6) is 0 Å². The van der Waals surface area contributed by atoms with Crippen molar-refractivity contribution < 1.29 is 14.3 Å². The zero-order chi connectivity index (χ0) is 17.3. The lowest BCUT2D eigenvalue weighted by molar-refractivity contribution is -0.0617. The summed E-state index contributed by atoms with van der Waals surface area (Å²) in [5.74, 6) is 0.740. The first-order valence-electron chi connectivity index (χ1n) is 7.63. The van der Waals surface area contributed by atoms with E-state index in [1.54, 1.807) is 16.7 Å². The molecule has 6 heteroatoms. The van der Waals surface area contributed by atoms with Crippen LogP contribution in [0.4, 0.5) is 4.79 Å². The maximum atomic E-state index is 12.5. The van der Waals surface area contributed by atoms with Crippen LogP contribution in [-0.4, -0.2) is 40.7 Å². The van der Waals surface area contributed by atoms with E-state index in [1.165, 1.54) is 0 Å². The minimum atomic E-state index is -0.659. The highest BCUT2D eigenvalue weighted by atomic mass is 35.5. The number of halogens is 1. The van der Waals surface area contributed by atoms with Gasteiger partial charge in [-0.3, -0.25) is 4.90 Å². The molecule has 1 amide bonds. The van der Waals surface area contributed by atoms with Gasteiger partial charge in [0.2, 0.25) is 0 Å². The minimum Gasteiger partial charge on any atom is -0.444 e. The molecule has 4 nitrogen and oxygen atoms in total. The second kappa shape index (κ2) is 6.91. The van der Waals surface area contributed by atoms with E-state index in [0.717, 1.165) is 15.7 Å². The molecule has 0 bridgehead atoms. The number of hydrogen-bond donors (Lipinski definition) is 0. The summed E-state index contributed by atoms with van der Waals surface area (Å²) in [6, 6.07) is 7.66. The van der Waals surface area contributed by atoms with E-state index >= 15 is 0 Å². The molecule has 1 fully saturated rings. The van der Waals surface area contributed by atoms with Crippen molar-refractivity contribution in [3.05, 3.63) is 29.3 Å². The van der Waals surface area contributed by atoms with Crippen LogP contribution in [0.25, 0.3) is 0 Å². The van der Waals surface area contributed by atoms with Crippen molar-refractivity contribution in [2.75, 3.05) is 12.4 Å². The predicted octanol–water partition coefficient (Wildman–Crippen LogP) is 4.80. The average molecular weight is 358 g/mol. The van der Waals surface area contributed by atoms with Gasteiger partial charge in [-0.05, 0) is 58.9 Å². The number of carbonyl (C=O) groups is 1. The van der Waals surface area contributed by atoms with E-state index in [0.29, 0.717) is 6.61 Å². The summed E-state index contributed by atoms with van der Waals surface area (Å²) in [7, 11) is 0. The molecule has 23 heavy (non-hydrogen) atoms. The highest BCUT2D eigenvalue weighted by molar-refractivity contribution is 7.99. The van der Waals surface area contributed by atoms with Crippen molar-refractivity contribution in [2.24, 2.45) is 0 Å². The molecular weight excluding hydrogens is 334 g/mol. The summed E-state index contributed by atoms with van der Waals surface area (Å²) in [5, 5.41) is 0.718. The van der Waals surface area contributed by atoms with E-state index in [2.05, 4.69) is 0 Å². The summed E-state index contributed by atoms with van der Waals surface area (Å²) in [6.45, 7) is 9.89. The van der Waals surface area contributed by atoms with Gasteiger partial charge < -0.3 is 9.47 Å². The third-order valence-corrected chi connectivity index (χ3v) is 4.83.